The van der Waals surface area contributed by atoms with Crippen LogP contribution in [0.2, 0.25) is 0 Å². The molecule has 2 fully saturated rings. The van der Waals surface area contributed by atoms with Crippen molar-refractivity contribution in [1.82, 2.24) is 15.1 Å². The lowest BCUT2D eigenvalue weighted by Gasteiger charge is -2.43. The van der Waals surface area contributed by atoms with Crippen LogP contribution in [0.15, 0.2) is 11.9 Å². The van der Waals surface area contributed by atoms with Crippen molar-refractivity contribution in [1.29, 1.82) is 0 Å². The van der Waals surface area contributed by atoms with Crippen LogP contribution in [0.3, 0.4) is 0 Å². The smallest absolute Gasteiger partial charge is 0.225 e. The molecule has 1 aliphatic heterocycles. The number of nitrogens with two attached hydrogens (primary N) is 1. The van der Waals surface area contributed by atoms with Crippen molar-refractivity contribution in [3.05, 3.63) is 11.9 Å². The molecule has 0 unspecified atom stereocenters. The van der Waals surface area contributed by atoms with Gasteiger partial charge in [0, 0.05) is 33.8 Å². The van der Waals surface area contributed by atoms with Crippen molar-refractivity contribution in [2.45, 2.75) is 51.7 Å². The zero-order chi connectivity index (χ0) is 18.1. The number of carbonyl (C=O) groups excluding carboxylic acids is 1. The Balaban J connectivity index is 0.00000139. The number of methoxy groups -OCH3 is 1. The van der Waals surface area contributed by atoms with Crippen molar-refractivity contribution in [3.8, 4) is 0 Å². The van der Waals surface area contributed by atoms with E-state index in [2.05, 4.69) is 40.8 Å². The molecule has 0 bridgehead atoms. The molecule has 24 heavy (non-hydrogen) atoms. The fourth-order valence-corrected chi connectivity index (χ4v) is 3.41. The number of amides is 1. The largest absolute Gasteiger partial charge is 0.381 e. The van der Waals surface area contributed by atoms with Gasteiger partial charge in [0.25, 0.3) is 0 Å². The van der Waals surface area contributed by atoms with Crippen LogP contribution in [0.25, 0.3) is 0 Å². The third kappa shape index (κ3) is 5.38. The highest BCUT2D eigenvalue weighted by molar-refractivity contribution is 5.77. The lowest BCUT2D eigenvalue weighted by molar-refractivity contribution is -0.139. The second-order valence-corrected chi connectivity index (χ2v) is 6.33. The predicted octanol–water partition coefficient (Wildman–Crippen LogP) is 1.38. The zero-order valence-corrected chi connectivity index (χ0v) is 16.0. The summed E-state index contributed by atoms with van der Waals surface area (Å²) in [5, 5.41) is 3.26. The first kappa shape index (κ1) is 20.8. The van der Waals surface area contributed by atoms with E-state index >= 15 is 0 Å². The average Bonchev–Trinajstić information content (AvgIpc) is 3.47. The van der Waals surface area contributed by atoms with Gasteiger partial charge in [-0.05, 0) is 45.2 Å². The van der Waals surface area contributed by atoms with Gasteiger partial charge in [-0.15, -0.1) is 0 Å². The average molecular weight is 341 g/mol. The quantitative estimate of drug-likeness (QED) is 0.733. The molecule has 0 aromatic carbocycles. The van der Waals surface area contributed by atoms with Gasteiger partial charge in [-0.25, -0.2) is 0 Å². The summed E-state index contributed by atoms with van der Waals surface area (Å²) in [6, 6.07) is 0.360. The van der Waals surface area contributed by atoms with Crippen LogP contribution < -0.4 is 11.1 Å². The molecule has 1 heterocycles. The minimum Gasteiger partial charge on any atom is -0.381 e. The Hall–Kier alpha value is -1.27. The van der Waals surface area contributed by atoms with E-state index in [1.54, 1.807) is 7.11 Å². The standard InChI is InChI=1S/C17H31N3O2.CH5N/c1-5-14(22-4)11-17(21)20-10-9-19(16(6-2)18-3)12-15(20)13-7-8-13;1-2/h6,13-15,18H,5,7-12H2,1-4H3;2H2,1H3/b16-6-;/t14-,15+;/m1./s1. The lowest BCUT2D eigenvalue weighted by atomic mass is 10.0. The van der Waals surface area contributed by atoms with Crippen LogP contribution in [0.5, 0.6) is 0 Å². The van der Waals surface area contributed by atoms with Crippen molar-refractivity contribution in [2.75, 3.05) is 40.8 Å². The monoisotopic (exact) mass is 340 g/mol. The third-order valence-electron chi connectivity index (χ3n) is 4.97. The van der Waals surface area contributed by atoms with E-state index in [1.165, 1.54) is 25.7 Å². The summed E-state index contributed by atoms with van der Waals surface area (Å²) in [4.78, 5) is 17.2. The Labute approximate surface area is 147 Å². The van der Waals surface area contributed by atoms with E-state index in [9.17, 15) is 4.79 Å². The molecule has 2 atom stereocenters. The predicted molar refractivity (Wildman–Crippen MR) is 98.4 cm³/mol. The minimum absolute atomic E-state index is 0.0498. The molecule has 2 rings (SSSR count). The van der Waals surface area contributed by atoms with Gasteiger partial charge in [-0.2, -0.15) is 0 Å². The number of piperazine rings is 1. The van der Waals surface area contributed by atoms with Crippen molar-refractivity contribution < 1.29 is 9.53 Å². The molecule has 1 saturated heterocycles. The topological polar surface area (TPSA) is 70.8 Å². The van der Waals surface area contributed by atoms with Crippen molar-refractivity contribution >= 4 is 5.91 Å². The molecule has 2 aliphatic rings. The van der Waals surface area contributed by atoms with Crippen LogP contribution in [0.1, 0.15) is 39.5 Å². The summed E-state index contributed by atoms with van der Waals surface area (Å²) >= 11 is 0. The maximum Gasteiger partial charge on any atom is 0.225 e. The van der Waals surface area contributed by atoms with E-state index in [0.717, 1.165) is 26.1 Å². The van der Waals surface area contributed by atoms with E-state index in [1.807, 2.05) is 7.05 Å². The molecule has 1 amide bonds. The summed E-state index contributed by atoms with van der Waals surface area (Å²) in [5.41, 5.74) is 4.50. The van der Waals surface area contributed by atoms with E-state index in [0.29, 0.717) is 18.4 Å². The molecule has 3 N–H and O–H groups in total. The molecule has 1 saturated carbocycles. The van der Waals surface area contributed by atoms with Crippen LogP contribution in [-0.4, -0.2) is 68.7 Å². The number of hydrogen-bond acceptors (Lipinski definition) is 5. The first-order valence-electron chi connectivity index (χ1n) is 9.13. The highest BCUT2D eigenvalue weighted by Gasteiger charge is 2.41. The number of hydrogen-bond donors (Lipinski definition) is 2. The number of rotatable bonds is 7. The molecule has 0 aromatic heterocycles. The number of ether oxygens (including phenoxy) is 1. The van der Waals surface area contributed by atoms with Gasteiger partial charge in [-0.1, -0.05) is 6.92 Å². The Kier molecular flexibility index (Phi) is 9.14. The van der Waals surface area contributed by atoms with E-state index in [4.69, 9.17) is 4.74 Å². The van der Waals surface area contributed by atoms with Gasteiger partial charge in [-0.3, -0.25) is 4.79 Å². The van der Waals surface area contributed by atoms with E-state index < -0.39 is 0 Å². The van der Waals surface area contributed by atoms with Crippen molar-refractivity contribution in [2.24, 2.45) is 11.7 Å². The van der Waals surface area contributed by atoms with Crippen molar-refractivity contribution in [3.63, 3.8) is 0 Å². The van der Waals surface area contributed by atoms with Crippen LogP contribution in [-0.2, 0) is 9.53 Å². The molecular formula is C18H36N4O2. The minimum atomic E-state index is 0.0498. The van der Waals surface area contributed by atoms with Gasteiger partial charge in [0.15, 0.2) is 0 Å². The first-order valence-corrected chi connectivity index (χ1v) is 9.13. The highest BCUT2D eigenvalue weighted by atomic mass is 16.5. The Bertz CT molecular complexity index is 406. The van der Waals surface area contributed by atoms with Gasteiger partial charge in [0.1, 0.15) is 0 Å². The van der Waals surface area contributed by atoms with Crippen LogP contribution >= 0.6 is 0 Å². The molecule has 140 valence electrons. The van der Waals surface area contributed by atoms with E-state index in [-0.39, 0.29) is 12.0 Å². The Morgan fingerprint density at radius 1 is 1.38 bits per heavy atom. The SMILES string of the molecule is C/C=C(/NC)N1CCN(C(=O)C[C@@H](CC)OC)[C@H](C2CC2)C1.CN. The summed E-state index contributed by atoms with van der Waals surface area (Å²) in [5.74, 6) is 2.11. The fraction of sp³-hybridized carbons (Fsp3) is 0.833. The number of nitrogens with one attached hydrogen (secondary N) is 1. The Morgan fingerprint density at radius 2 is 2.04 bits per heavy atom. The molecule has 0 spiro atoms. The second kappa shape index (κ2) is 10.6. The maximum atomic E-state index is 12.7. The number of nitrogens with zero attached hydrogens (tertiary/aromatic N) is 2. The molecule has 0 radical (unpaired) electrons. The first-order chi connectivity index (χ1) is 11.6. The Morgan fingerprint density at radius 3 is 2.50 bits per heavy atom. The van der Waals surface area contributed by atoms with Gasteiger partial charge in [0.05, 0.1) is 24.4 Å². The zero-order valence-electron chi connectivity index (χ0n) is 16.0. The molecular weight excluding hydrogens is 304 g/mol. The van der Waals surface area contributed by atoms with Crippen LogP contribution in [0, 0.1) is 5.92 Å². The lowest BCUT2D eigenvalue weighted by Crippen LogP contribution is -2.57. The number of allylic oxidation sites excluding steroid dienone is 1. The molecule has 6 heteroatoms. The third-order valence-corrected chi connectivity index (χ3v) is 4.97. The van der Waals surface area contributed by atoms with Gasteiger partial charge >= 0.3 is 0 Å². The summed E-state index contributed by atoms with van der Waals surface area (Å²) in [6.45, 7) is 6.79. The second-order valence-electron chi connectivity index (χ2n) is 6.33. The summed E-state index contributed by atoms with van der Waals surface area (Å²) < 4.78 is 5.39. The fourth-order valence-electron chi connectivity index (χ4n) is 3.41. The summed E-state index contributed by atoms with van der Waals surface area (Å²) in [6.07, 6.45) is 6.08. The van der Waals surface area contributed by atoms with Gasteiger partial charge < -0.3 is 25.6 Å². The van der Waals surface area contributed by atoms with Crippen LogP contribution in [0.4, 0.5) is 0 Å². The maximum absolute atomic E-state index is 12.7. The molecule has 6 nitrogen and oxygen atoms in total. The molecule has 0 aromatic rings. The normalized spacial score (nSPS) is 22.6. The van der Waals surface area contributed by atoms with Gasteiger partial charge in [0.2, 0.25) is 5.91 Å². The summed E-state index contributed by atoms with van der Waals surface area (Å²) in [7, 11) is 5.16. The highest BCUT2D eigenvalue weighted by Crippen LogP contribution is 2.37. The molecule has 1 aliphatic carbocycles. The number of carbonyl (C=O) groups is 1.